The van der Waals surface area contributed by atoms with Crippen LogP contribution >= 0.6 is 0 Å². The summed E-state index contributed by atoms with van der Waals surface area (Å²) in [6.07, 6.45) is 3.11. The van der Waals surface area contributed by atoms with Crippen molar-refractivity contribution in [2.75, 3.05) is 33.9 Å². The standard InChI is InChI=1S/C24H24N6O5/c1-15-14-28(10-11-29(15)24(32)20-7-9-26-35-20)23(31)17-13-22-25-8-6-18(30(22)27-17)16-4-5-19(33-2)21(12-16)34-3/h4-9,12-13,15H,10-11,14H2,1-3H3/t15-/m0/s1. The second-order valence-electron chi connectivity index (χ2n) is 8.17. The number of methoxy groups -OCH3 is 2. The smallest absolute Gasteiger partial charge is 0.292 e. The lowest BCUT2D eigenvalue weighted by Crippen LogP contribution is -2.55. The molecule has 4 aromatic rings. The molecular formula is C24H24N6O5. The molecule has 4 heterocycles. The Morgan fingerprint density at radius 3 is 2.54 bits per heavy atom. The molecule has 3 aromatic heterocycles. The van der Waals surface area contributed by atoms with Gasteiger partial charge in [0.05, 0.1) is 26.1 Å². The van der Waals surface area contributed by atoms with E-state index in [-0.39, 0.29) is 29.3 Å². The summed E-state index contributed by atoms with van der Waals surface area (Å²) >= 11 is 0. The van der Waals surface area contributed by atoms with E-state index in [4.69, 9.17) is 14.0 Å². The van der Waals surface area contributed by atoms with E-state index < -0.39 is 0 Å². The summed E-state index contributed by atoms with van der Waals surface area (Å²) in [5, 5.41) is 8.17. The van der Waals surface area contributed by atoms with Gasteiger partial charge in [0.1, 0.15) is 0 Å². The quantitative estimate of drug-likeness (QED) is 0.431. The molecule has 0 aliphatic carbocycles. The third kappa shape index (κ3) is 4.05. The first-order valence-electron chi connectivity index (χ1n) is 11.1. The van der Waals surface area contributed by atoms with Gasteiger partial charge in [-0.3, -0.25) is 9.59 Å². The number of fused-ring (bicyclic) bond motifs is 1. The van der Waals surface area contributed by atoms with Crippen molar-refractivity contribution in [3.63, 3.8) is 0 Å². The number of hydrogen-bond donors (Lipinski definition) is 0. The molecule has 1 saturated heterocycles. The minimum Gasteiger partial charge on any atom is -0.493 e. The summed E-state index contributed by atoms with van der Waals surface area (Å²) in [6.45, 7) is 3.04. The van der Waals surface area contributed by atoms with Gasteiger partial charge in [0.15, 0.2) is 22.8 Å². The Hall–Kier alpha value is -4.41. The third-order valence-corrected chi connectivity index (χ3v) is 6.08. The number of piperazine rings is 1. The summed E-state index contributed by atoms with van der Waals surface area (Å²) in [7, 11) is 3.16. The highest BCUT2D eigenvalue weighted by molar-refractivity contribution is 5.94. The van der Waals surface area contributed by atoms with Crippen molar-refractivity contribution in [3.05, 3.63) is 60.2 Å². The van der Waals surface area contributed by atoms with Gasteiger partial charge in [-0.2, -0.15) is 5.10 Å². The molecule has 1 aromatic carbocycles. The van der Waals surface area contributed by atoms with Crippen LogP contribution in [-0.2, 0) is 0 Å². The van der Waals surface area contributed by atoms with Gasteiger partial charge in [0.2, 0.25) is 5.76 Å². The van der Waals surface area contributed by atoms with Crippen LogP contribution < -0.4 is 9.47 Å². The van der Waals surface area contributed by atoms with Crippen molar-refractivity contribution in [3.8, 4) is 22.8 Å². The predicted octanol–water partition coefficient (Wildman–Crippen LogP) is 2.39. The van der Waals surface area contributed by atoms with Crippen molar-refractivity contribution in [2.45, 2.75) is 13.0 Å². The first-order chi connectivity index (χ1) is 17.0. The molecule has 0 spiro atoms. The average molecular weight is 476 g/mol. The van der Waals surface area contributed by atoms with Crippen molar-refractivity contribution in [2.24, 2.45) is 0 Å². The SMILES string of the molecule is COc1ccc(-c2ccnc3cc(C(=O)N4CCN(C(=O)c5ccno5)[C@@H](C)C4)nn23)cc1OC. The van der Waals surface area contributed by atoms with E-state index in [1.807, 2.05) is 31.2 Å². The Morgan fingerprint density at radius 2 is 1.83 bits per heavy atom. The number of rotatable bonds is 5. The topological polar surface area (TPSA) is 115 Å². The summed E-state index contributed by atoms with van der Waals surface area (Å²) in [5.74, 6) is 0.940. The molecular weight excluding hydrogens is 452 g/mol. The van der Waals surface area contributed by atoms with Gasteiger partial charge in [-0.05, 0) is 31.2 Å². The maximum atomic E-state index is 13.3. The maximum absolute atomic E-state index is 13.3. The Labute approximate surface area is 200 Å². The van der Waals surface area contributed by atoms with Crippen LogP contribution in [0.15, 0.2) is 53.3 Å². The Morgan fingerprint density at radius 1 is 1.00 bits per heavy atom. The van der Waals surface area contributed by atoms with E-state index in [9.17, 15) is 9.59 Å². The van der Waals surface area contributed by atoms with Gasteiger partial charge in [0.25, 0.3) is 11.8 Å². The van der Waals surface area contributed by atoms with Crippen LogP contribution in [0, 0.1) is 0 Å². The summed E-state index contributed by atoms with van der Waals surface area (Å²) in [5.41, 5.74) is 2.43. The van der Waals surface area contributed by atoms with Gasteiger partial charge >= 0.3 is 0 Å². The molecule has 0 saturated carbocycles. The number of carbonyl (C=O) groups excluding carboxylic acids is 2. The minimum absolute atomic E-state index is 0.186. The maximum Gasteiger partial charge on any atom is 0.292 e. The van der Waals surface area contributed by atoms with Crippen LogP contribution in [0.2, 0.25) is 0 Å². The van der Waals surface area contributed by atoms with Crippen LogP contribution in [-0.4, -0.2) is 81.3 Å². The molecule has 180 valence electrons. The normalized spacial score (nSPS) is 15.9. The third-order valence-electron chi connectivity index (χ3n) is 6.08. The van der Waals surface area contributed by atoms with Crippen molar-refractivity contribution < 1.29 is 23.6 Å². The van der Waals surface area contributed by atoms with Crippen LogP contribution in [0.3, 0.4) is 0 Å². The molecule has 35 heavy (non-hydrogen) atoms. The molecule has 0 bridgehead atoms. The summed E-state index contributed by atoms with van der Waals surface area (Å²) < 4.78 is 17.4. The molecule has 1 aliphatic rings. The monoisotopic (exact) mass is 476 g/mol. The molecule has 1 aliphatic heterocycles. The first-order valence-corrected chi connectivity index (χ1v) is 11.1. The molecule has 0 N–H and O–H groups in total. The number of ether oxygens (including phenoxy) is 2. The van der Waals surface area contributed by atoms with Gasteiger partial charge in [-0.25, -0.2) is 9.50 Å². The fourth-order valence-electron chi connectivity index (χ4n) is 4.29. The molecule has 2 amide bonds. The summed E-state index contributed by atoms with van der Waals surface area (Å²) in [6, 6.07) is 10.4. The molecule has 0 radical (unpaired) electrons. The van der Waals surface area contributed by atoms with Gasteiger partial charge in [-0.15, -0.1) is 0 Å². The second kappa shape index (κ2) is 9.09. The van der Waals surface area contributed by atoms with Crippen LogP contribution in [0.1, 0.15) is 28.0 Å². The number of nitrogens with zero attached hydrogens (tertiary/aromatic N) is 6. The highest BCUT2D eigenvalue weighted by atomic mass is 16.5. The van der Waals surface area contributed by atoms with Crippen LogP contribution in [0.4, 0.5) is 0 Å². The zero-order valence-electron chi connectivity index (χ0n) is 19.5. The van der Waals surface area contributed by atoms with Gasteiger partial charge in [-0.1, -0.05) is 5.16 Å². The van der Waals surface area contributed by atoms with Crippen LogP contribution in [0.5, 0.6) is 11.5 Å². The number of aromatic nitrogens is 4. The average Bonchev–Trinajstić information content (AvgIpc) is 3.57. The van der Waals surface area contributed by atoms with Crippen molar-refractivity contribution in [1.29, 1.82) is 0 Å². The fraction of sp³-hybridized carbons (Fsp3) is 0.292. The molecule has 0 unspecified atom stereocenters. The zero-order chi connectivity index (χ0) is 24.5. The van der Waals surface area contributed by atoms with E-state index in [0.717, 1.165) is 11.3 Å². The molecule has 5 rings (SSSR count). The lowest BCUT2D eigenvalue weighted by Gasteiger charge is -2.39. The molecule has 1 fully saturated rings. The van der Waals surface area contributed by atoms with E-state index in [0.29, 0.717) is 36.8 Å². The van der Waals surface area contributed by atoms with Crippen LogP contribution in [0.25, 0.3) is 16.9 Å². The second-order valence-corrected chi connectivity index (χ2v) is 8.17. The zero-order valence-corrected chi connectivity index (χ0v) is 19.5. The minimum atomic E-state index is -0.237. The van der Waals surface area contributed by atoms with Crippen molar-refractivity contribution >= 4 is 17.5 Å². The molecule has 11 nitrogen and oxygen atoms in total. The number of amides is 2. The van der Waals surface area contributed by atoms with E-state index in [2.05, 4.69) is 15.2 Å². The highest BCUT2D eigenvalue weighted by Crippen LogP contribution is 2.32. The lowest BCUT2D eigenvalue weighted by molar-refractivity contribution is 0.0387. The molecule has 1 atom stereocenters. The largest absolute Gasteiger partial charge is 0.493 e. The Kier molecular flexibility index (Phi) is 5.81. The van der Waals surface area contributed by atoms with Gasteiger partial charge in [0, 0.05) is 49.6 Å². The van der Waals surface area contributed by atoms with E-state index in [1.54, 1.807) is 40.8 Å². The number of benzene rings is 1. The fourth-order valence-corrected chi connectivity index (χ4v) is 4.29. The Balaban J connectivity index is 1.38. The predicted molar refractivity (Wildman–Crippen MR) is 124 cm³/mol. The van der Waals surface area contributed by atoms with E-state index in [1.165, 1.54) is 12.3 Å². The van der Waals surface area contributed by atoms with E-state index >= 15 is 0 Å². The lowest BCUT2D eigenvalue weighted by atomic mass is 10.1. The van der Waals surface area contributed by atoms with Crippen molar-refractivity contribution in [1.82, 2.24) is 29.6 Å². The van der Waals surface area contributed by atoms with Gasteiger partial charge < -0.3 is 23.8 Å². The number of carbonyl (C=O) groups is 2. The highest BCUT2D eigenvalue weighted by Gasteiger charge is 2.33. The summed E-state index contributed by atoms with van der Waals surface area (Å²) in [4.78, 5) is 33.7. The first kappa shape index (κ1) is 22.4. The molecule has 11 heteroatoms. The Bertz CT molecular complexity index is 1380. The number of hydrogen-bond acceptors (Lipinski definition) is 8.